The molecular formula is C23H30N8O3. The fraction of sp³-hybridized carbons (Fsp3) is 0.435. The quantitative estimate of drug-likeness (QED) is 0.534. The highest BCUT2D eigenvalue weighted by Crippen LogP contribution is 2.24. The molecular weight excluding hydrogens is 436 g/mol. The van der Waals surface area contributed by atoms with Crippen molar-refractivity contribution in [1.29, 1.82) is 5.26 Å². The largest absolute Gasteiger partial charge is 0.351 e. The average Bonchev–Trinajstić information content (AvgIpc) is 3.21. The molecule has 1 aliphatic rings. The van der Waals surface area contributed by atoms with Gasteiger partial charge in [0.2, 0.25) is 12.4 Å². The Morgan fingerprint density at radius 1 is 1.24 bits per heavy atom. The maximum Gasteiger partial charge on any atom is 0.332 e. The van der Waals surface area contributed by atoms with Crippen molar-refractivity contribution >= 4 is 23.5 Å². The Hall–Kier alpha value is -3.91. The fourth-order valence-corrected chi connectivity index (χ4v) is 3.96. The molecule has 1 amide bonds. The van der Waals surface area contributed by atoms with Crippen molar-refractivity contribution in [1.82, 2.24) is 23.6 Å². The molecule has 1 atom stereocenters. The summed E-state index contributed by atoms with van der Waals surface area (Å²) in [5, 5.41) is 9.48. The maximum atomic E-state index is 13.0. The molecule has 0 spiro atoms. The van der Waals surface area contributed by atoms with Crippen molar-refractivity contribution in [2.45, 2.75) is 25.4 Å². The van der Waals surface area contributed by atoms with Crippen LogP contribution in [0, 0.1) is 11.3 Å². The molecule has 0 radical (unpaired) electrons. The van der Waals surface area contributed by atoms with Crippen molar-refractivity contribution in [3.05, 3.63) is 56.2 Å². The third-order valence-electron chi connectivity index (χ3n) is 5.75. The minimum Gasteiger partial charge on any atom is -0.351 e. The van der Waals surface area contributed by atoms with E-state index < -0.39 is 11.2 Å². The number of hydrogen-bond donors (Lipinski definition) is 1. The summed E-state index contributed by atoms with van der Waals surface area (Å²) in [4.78, 5) is 43.0. The number of nitrogens with zero attached hydrogens (tertiary/aromatic N) is 7. The summed E-state index contributed by atoms with van der Waals surface area (Å²) in [5.41, 5.74) is 7.34. The van der Waals surface area contributed by atoms with Crippen molar-refractivity contribution in [2.24, 2.45) is 19.8 Å². The van der Waals surface area contributed by atoms with Gasteiger partial charge in [-0.2, -0.15) is 10.2 Å². The predicted octanol–water partition coefficient (Wildman–Crippen LogP) is -0.0144. The minimum atomic E-state index is -0.425. The van der Waals surface area contributed by atoms with Gasteiger partial charge in [0.05, 0.1) is 18.2 Å². The molecule has 1 unspecified atom stereocenters. The van der Waals surface area contributed by atoms with Crippen LogP contribution in [0.2, 0.25) is 0 Å². The van der Waals surface area contributed by atoms with Crippen LogP contribution in [0.1, 0.15) is 24.0 Å². The number of benzene rings is 1. The molecule has 3 heterocycles. The van der Waals surface area contributed by atoms with E-state index in [2.05, 4.69) is 16.0 Å². The first-order valence-corrected chi connectivity index (χ1v) is 11.0. The molecule has 1 aromatic carbocycles. The number of carbonyl (C=O) groups excluding carboxylic acids is 1. The molecule has 1 aliphatic heterocycles. The van der Waals surface area contributed by atoms with Gasteiger partial charge in [-0.1, -0.05) is 18.2 Å². The SMILES string of the molecule is CN(C)C=O.Cn1c(=O)c2c(nc(N3CCCC(N)C3)n2Cc2ccccc2C#N)n(C)c1=O. The molecule has 2 N–H and O–H groups in total. The van der Waals surface area contributed by atoms with Gasteiger partial charge in [-0.3, -0.25) is 23.3 Å². The normalized spacial score (nSPS) is 15.4. The van der Waals surface area contributed by atoms with Crippen molar-refractivity contribution in [2.75, 3.05) is 32.1 Å². The second-order valence-electron chi connectivity index (χ2n) is 8.56. The molecule has 1 saturated heterocycles. The summed E-state index contributed by atoms with van der Waals surface area (Å²) < 4.78 is 4.28. The van der Waals surface area contributed by atoms with E-state index in [4.69, 9.17) is 5.73 Å². The second-order valence-corrected chi connectivity index (χ2v) is 8.56. The average molecular weight is 467 g/mol. The number of rotatable bonds is 4. The number of aromatic nitrogens is 4. The Labute approximate surface area is 197 Å². The summed E-state index contributed by atoms with van der Waals surface area (Å²) in [5.74, 6) is 0.598. The minimum absolute atomic E-state index is 0.0232. The summed E-state index contributed by atoms with van der Waals surface area (Å²) in [6, 6.07) is 9.51. The van der Waals surface area contributed by atoms with Crippen molar-refractivity contribution < 1.29 is 4.79 Å². The van der Waals surface area contributed by atoms with Crippen LogP contribution >= 0.6 is 0 Å². The van der Waals surface area contributed by atoms with Crippen LogP contribution in [0.4, 0.5) is 5.95 Å². The van der Waals surface area contributed by atoms with E-state index in [1.165, 1.54) is 16.5 Å². The van der Waals surface area contributed by atoms with E-state index in [-0.39, 0.29) is 6.04 Å². The van der Waals surface area contributed by atoms with Crippen LogP contribution in [0.3, 0.4) is 0 Å². The number of piperidine rings is 1. The lowest BCUT2D eigenvalue weighted by Gasteiger charge is -2.32. The highest BCUT2D eigenvalue weighted by Gasteiger charge is 2.26. The molecule has 4 rings (SSSR count). The van der Waals surface area contributed by atoms with Gasteiger partial charge in [-0.25, -0.2) is 4.79 Å². The topological polar surface area (TPSA) is 135 Å². The Morgan fingerprint density at radius 3 is 2.53 bits per heavy atom. The van der Waals surface area contributed by atoms with Gasteiger partial charge in [-0.15, -0.1) is 0 Å². The Balaban J connectivity index is 0.000000588. The molecule has 1 fully saturated rings. The smallest absolute Gasteiger partial charge is 0.332 e. The molecule has 180 valence electrons. The van der Waals surface area contributed by atoms with Crippen LogP contribution in [0.25, 0.3) is 11.2 Å². The van der Waals surface area contributed by atoms with Crippen LogP contribution in [0.15, 0.2) is 33.9 Å². The molecule has 0 aliphatic carbocycles. The number of imidazole rings is 1. The van der Waals surface area contributed by atoms with Crippen LogP contribution < -0.4 is 21.9 Å². The summed E-state index contributed by atoms with van der Waals surface area (Å²) in [6.45, 7) is 1.69. The Kier molecular flexibility index (Phi) is 7.53. The first kappa shape index (κ1) is 24.7. The monoisotopic (exact) mass is 466 g/mol. The number of fused-ring (bicyclic) bond motifs is 1. The highest BCUT2D eigenvalue weighted by atomic mass is 16.2. The summed E-state index contributed by atoms with van der Waals surface area (Å²) >= 11 is 0. The van der Waals surface area contributed by atoms with Gasteiger partial charge in [-0.05, 0) is 24.5 Å². The number of amides is 1. The third-order valence-corrected chi connectivity index (χ3v) is 5.75. The number of carbonyl (C=O) groups is 1. The van der Waals surface area contributed by atoms with Crippen molar-refractivity contribution in [3.8, 4) is 6.07 Å². The third kappa shape index (κ3) is 4.87. The molecule has 34 heavy (non-hydrogen) atoms. The summed E-state index contributed by atoms with van der Waals surface area (Å²) in [7, 11) is 6.44. The second kappa shape index (κ2) is 10.4. The van der Waals surface area contributed by atoms with Gasteiger partial charge >= 0.3 is 5.69 Å². The maximum absolute atomic E-state index is 13.0. The lowest BCUT2D eigenvalue weighted by Crippen LogP contribution is -2.44. The van der Waals surface area contributed by atoms with Crippen LogP contribution in [0.5, 0.6) is 0 Å². The van der Waals surface area contributed by atoms with Crippen LogP contribution in [-0.4, -0.2) is 63.2 Å². The lowest BCUT2D eigenvalue weighted by atomic mass is 10.1. The number of hydrogen-bond acceptors (Lipinski definition) is 7. The number of aryl methyl sites for hydroxylation is 1. The Morgan fingerprint density at radius 2 is 1.91 bits per heavy atom. The predicted molar refractivity (Wildman–Crippen MR) is 130 cm³/mol. The number of nitrogens with two attached hydrogens (primary N) is 1. The first-order chi connectivity index (χ1) is 16.2. The van der Waals surface area contributed by atoms with Crippen molar-refractivity contribution in [3.63, 3.8) is 0 Å². The van der Waals surface area contributed by atoms with Gasteiger partial charge < -0.3 is 15.5 Å². The van der Waals surface area contributed by atoms with E-state index in [0.717, 1.165) is 35.9 Å². The van der Waals surface area contributed by atoms with Crippen LogP contribution in [-0.2, 0) is 25.4 Å². The van der Waals surface area contributed by atoms with Gasteiger partial charge in [0, 0.05) is 47.3 Å². The van der Waals surface area contributed by atoms with E-state index in [9.17, 15) is 19.6 Å². The molecule has 11 nitrogen and oxygen atoms in total. The Bertz CT molecular complexity index is 1350. The van der Waals surface area contributed by atoms with Gasteiger partial charge in [0.1, 0.15) is 0 Å². The zero-order valence-electron chi connectivity index (χ0n) is 19.9. The molecule has 3 aromatic rings. The lowest BCUT2D eigenvalue weighted by molar-refractivity contribution is -0.115. The van der Waals surface area contributed by atoms with E-state index in [1.807, 2.05) is 16.7 Å². The van der Waals surface area contributed by atoms with Gasteiger partial charge in [0.25, 0.3) is 5.56 Å². The molecule has 11 heteroatoms. The van der Waals surface area contributed by atoms with Gasteiger partial charge in [0.15, 0.2) is 11.2 Å². The highest BCUT2D eigenvalue weighted by molar-refractivity contribution is 5.75. The first-order valence-electron chi connectivity index (χ1n) is 11.0. The molecule has 0 saturated carbocycles. The zero-order chi connectivity index (χ0) is 25.0. The standard InChI is InChI=1S/C20H23N7O2.C3H7NO/c1-24-17-16(18(28)25(2)20(24)29)27(11-14-7-4-3-6-13(14)10-21)19(23-17)26-9-5-8-15(22)12-26;1-4(2)3-5/h3-4,6-7,15H,5,8-9,11-12,22H2,1-2H3;3H,1-2H3. The van der Waals surface area contributed by atoms with E-state index >= 15 is 0 Å². The van der Waals surface area contributed by atoms with E-state index in [0.29, 0.717) is 35.8 Å². The molecule has 2 aromatic heterocycles. The zero-order valence-corrected chi connectivity index (χ0v) is 19.9. The van der Waals surface area contributed by atoms with E-state index in [1.54, 1.807) is 33.3 Å². The summed E-state index contributed by atoms with van der Waals surface area (Å²) in [6.07, 6.45) is 2.62. The number of anilines is 1. The number of nitriles is 1. The molecule has 0 bridgehead atoms. The fourth-order valence-electron chi connectivity index (χ4n) is 3.96.